The average Bonchev–Trinajstić information content (AvgIpc) is 2.84. The Hall–Kier alpha value is -1.33. The van der Waals surface area contributed by atoms with Crippen molar-refractivity contribution in [3.63, 3.8) is 0 Å². The van der Waals surface area contributed by atoms with E-state index in [0.29, 0.717) is 5.56 Å². The number of carbonyl (C=O) groups is 1. The molecule has 3 rings (SSSR count). The molecule has 1 aromatic carbocycles. The highest BCUT2D eigenvalue weighted by Crippen LogP contribution is 2.32. The minimum absolute atomic E-state index is 0.444. The van der Waals surface area contributed by atoms with Crippen LogP contribution < -0.4 is 4.90 Å². The fourth-order valence-corrected chi connectivity index (χ4v) is 4.16. The summed E-state index contributed by atoms with van der Waals surface area (Å²) in [5.41, 5.74) is 2.49. The van der Waals surface area contributed by atoms with Crippen LogP contribution in [0.5, 0.6) is 0 Å². The van der Waals surface area contributed by atoms with Crippen molar-refractivity contribution in [1.82, 2.24) is 0 Å². The number of halogens is 1. The second-order valence-corrected chi connectivity index (χ2v) is 6.78. The van der Waals surface area contributed by atoms with Gasteiger partial charge in [0.05, 0.1) is 12.1 Å². The molecule has 2 heterocycles. The Kier molecular flexibility index (Phi) is 3.81. The van der Waals surface area contributed by atoms with Crippen molar-refractivity contribution in [2.75, 3.05) is 11.4 Å². The molecule has 0 amide bonds. The summed E-state index contributed by atoms with van der Waals surface area (Å²) in [4.78, 5) is 14.9. The largest absolute Gasteiger partial charge is 0.478 e. The minimum atomic E-state index is -0.831. The fraction of sp³-hybridized carbons (Fsp3) is 0.267. The van der Waals surface area contributed by atoms with Gasteiger partial charge in [0.15, 0.2) is 0 Å². The molecule has 2 aromatic rings. The lowest BCUT2D eigenvalue weighted by Gasteiger charge is -2.31. The lowest BCUT2D eigenvalue weighted by atomic mass is 9.96. The first-order valence-electron chi connectivity index (χ1n) is 6.48. The third-order valence-electron chi connectivity index (χ3n) is 3.55. The quantitative estimate of drug-likeness (QED) is 0.902. The van der Waals surface area contributed by atoms with Crippen LogP contribution in [0.15, 0.2) is 34.1 Å². The first kappa shape index (κ1) is 13.6. The van der Waals surface area contributed by atoms with E-state index >= 15 is 0 Å². The molecule has 20 heavy (non-hydrogen) atoms. The van der Waals surface area contributed by atoms with Crippen molar-refractivity contribution in [1.29, 1.82) is 0 Å². The maximum atomic E-state index is 11.3. The van der Waals surface area contributed by atoms with Gasteiger partial charge in [0, 0.05) is 27.0 Å². The Morgan fingerprint density at radius 3 is 3.00 bits per heavy atom. The number of rotatable bonds is 3. The highest BCUT2D eigenvalue weighted by atomic mass is 79.9. The third kappa shape index (κ3) is 2.60. The van der Waals surface area contributed by atoms with Crippen molar-refractivity contribution in [3.05, 3.63) is 50.1 Å². The summed E-state index contributed by atoms with van der Waals surface area (Å²) in [6, 6.07) is 7.70. The third-order valence-corrected chi connectivity index (χ3v) is 5.23. The van der Waals surface area contributed by atoms with Crippen LogP contribution in [0.4, 0.5) is 5.69 Å². The summed E-state index contributed by atoms with van der Waals surface area (Å²) < 4.78 is 1.11. The molecule has 104 valence electrons. The summed E-state index contributed by atoms with van der Waals surface area (Å²) in [7, 11) is 0. The summed E-state index contributed by atoms with van der Waals surface area (Å²) >= 11 is 5.20. The monoisotopic (exact) mass is 351 g/mol. The van der Waals surface area contributed by atoms with Gasteiger partial charge in [-0.1, -0.05) is 6.07 Å². The van der Waals surface area contributed by atoms with E-state index in [9.17, 15) is 9.90 Å². The van der Waals surface area contributed by atoms with Gasteiger partial charge in [0.1, 0.15) is 0 Å². The summed E-state index contributed by atoms with van der Waals surface area (Å²) in [6.07, 6.45) is 1.85. The molecule has 0 saturated heterocycles. The van der Waals surface area contributed by atoms with Gasteiger partial charge in [-0.15, -0.1) is 11.3 Å². The number of aromatic carboxylic acids is 1. The SMILES string of the molecule is O=C(O)c1cccc2c1CCCN2Cc1cc(Br)cs1. The van der Waals surface area contributed by atoms with E-state index in [1.54, 1.807) is 17.4 Å². The Labute approximate surface area is 130 Å². The molecule has 0 bridgehead atoms. The van der Waals surface area contributed by atoms with Crippen LogP contribution in [-0.4, -0.2) is 17.6 Å². The molecule has 0 radical (unpaired) electrons. The zero-order valence-electron chi connectivity index (χ0n) is 10.8. The van der Waals surface area contributed by atoms with Crippen molar-refractivity contribution >= 4 is 38.9 Å². The second kappa shape index (κ2) is 5.58. The van der Waals surface area contributed by atoms with E-state index in [-0.39, 0.29) is 0 Å². The predicted molar refractivity (Wildman–Crippen MR) is 84.8 cm³/mol. The number of thiophene rings is 1. The van der Waals surface area contributed by atoms with Crippen LogP contribution in [0.3, 0.4) is 0 Å². The number of fused-ring (bicyclic) bond motifs is 1. The zero-order chi connectivity index (χ0) is 14.1. The van der Waals surface area contributed by atoms with Gasteiger partial charge in [-0.2, -0.15) is 0 Å². The Bertz CT molecular complexity index is 653. The van der Waals surface area contributed by atoms with E-state index in [4.69, 9.17) is 0 Å². The maximum Gasteiger partial charge on any atom is 0.336 e. The van der Waals surface area contributed by atoms with E-state index in [1.807, 2.05) is 12.1 Å². The molecule has 0 aliphatic carbocycles. The van der Waals surface area contributed by atoms with Gasteiger partial charge < -0.3 is 10.0 Å². The number of hydrogen-bond acceptors (Lipinski definition) is 3. The normalized spacial score (nSPS) is 14.2. The Morgan fingerprint density at radius 2 is 2.30 bits per heavy atom. The number of hydrogen-bond donors (Lipinski definition) is 1. The first-order valence-corrected chi connectivity index (χ1v) is 8.15. The fourth-order valence-electron chi connectivity index (χ4n) is 2.69. The van der Waals surface area contributed by atoms with Crippen molar-refractivity contribution < 1.29 is 9.90 Å². The minimum Gasteiger partial charge on any atom is -0.478 e. The van der Waals surface area contributed by atoms with Gasteiger partial charge in [0.25, 0.3) is 0 Å². The molecule has 0 spiro atoms. The molecule has 1 aromatic heterocycles. The number of nitrogens with zero attached hydrogens (tertiary/aromatic N) is 1. The van der Waals surface area contributed by atoms with Crippen LogP contribution in [-0.2, 0) is 13.0 Å². The smallest absolute Gasteiger partial charge is 0.336 e. The molecule has 1 N–H and O–H groups in total. The summed E-state index contributed by atoms with van der Waals surface area (Å²) in [5.74, 6) is -0.831. The van der Waals surface area contributed by atoms with Crippen LogP contribution >= 0.6 is 27.3 Å². The number of carboxylic acids is 1. The van der Waals surface area contributed by atoms with Crippen LogP contribution in [0, 0.1) is 0 Å². The van der Waals surface area contributed by atoms with Crippen LogP contribution in [0.1, 0.15) is 27.2 Å². The molecule has 3 nitrogen and oxygen atoms in total. The first-order chi connectivity index (χ1) is 9.65. The maximum absolute atomic E-state index is 11.3. The molecule has 0 fully saturated rings. The Balaban J connectivity index is 1.94. The molecular formula is C15H14BrNO2S. The van der Waals surface area contributed by atoms with E-state index in [0.717, 1.165) is 41.7 Å². The predicted octanol–water partition coefficient (Wildman–Crippen LogP) is 4.16. The molecular weight excluding hydrogens is 338 g/mol. The second-order valence-electron chi connectivity index (χ2n) is 4.86. The average molecular weight is 352 g/mol. The highest BCUT2D eigenvalue weighted by molar-refractivity contribution is 9.10. The number of carboxylic acid groups (broad SMARTS) is 1. The van der Waals surface area contributed by atoms with Gasteiger partial charge >= 0.3 is 5.97 Å². The molecule has 5 heteroatoms. The molecule has 0 unspecified atom stereocenters. The highest BCUT2D eigenvalue weighted by Gasteiger charge is 2.22. The summed E-state index contributed by atoms with van der Waals surface area (Å²) in [6.45, 7) is 1.82. The topological polar surface area (TPSA) is 40.5 Å². The molecule has 1 aliphatic rings. The molecule has 1 aliphatic heterocycles. The van der Waals surface area contributed by atoms with Crippen molar-refractivity contribution in [3.8, 4) is 0 Å². The van der Waals surface area contributed by atoms with E-state index in [2.05, 4.69) is 32.3 Å². The van der Waals surface area contributed by atoms with Crippen LogP contribution in [0.2, 0.25) is 0 Å². The number of anilines is 1. The van der Waals surface area contributed by atoms with Crippen molar-refractivity contribution in [2.24, 2.45) is 0 Å². The number of benzene rings is 1. The van der Waals surface area contributed by atoms with Gasteiger partial charge in [0.2, 0.25) is 0 Å². The van der Waals surface area contributed by atoms with Crippen molar-refractivity contribution in [2.45, 2.75) is 19.4 Å². The molecule has 0 atom stereocenters. The van der Waals surface area contributed by atoms with E-state index in [1.165, 1.54) is 4.88 Å². The van der Waals surface area contributed by atoms with Crippen LogP contribution in [0.25, 0.3) is 0 Å². The van der Waals surface area contributed by atoms with E-state index < -0.39 is 5.97 Å². The lowest BCUT2D eigenvalue weighted by molar-refractivity contribution is 0.0695. The lowest BCUT2D eigenvalue weighted by Crippen LogP contribution is -2.29. The zero-order valence-corrected chi connectivity index (χ0v) is 13.2. The van der Waals surface area contributed by atoms with Gasteiger partial charge in [-0.3, -0.25) is 0 Å². The Morgan fingerprint density at radius 1 is 1.45 bits per heavy atom. The summed E-state index contributed by atoms with van der Waals surface area (Å²) in [5, 5.41) is 11.4. The van der Waals surface area contributed by atoms with Gasteiger partial charge in [-0.25, -0.2) is 4.79 Å². The molecule has 0 saturated carbocycles. The van der Waals surface area contributed by atoms with Gasteiger partial charge in [-0.05, 0) is 52.5 Å². The standard InChI is InChI=1S/C15H14BrNO2S/c16-10-7-11(20-9-10)8-17-6-2-4-12-13(15(18)19)3-1-5-14(12)17/h1,3,5,7,9H,2,4,6,8H2,(H,18,19).